The first-order chi connectivity index (χ1) is 6.22. The van der Waals surface area contributed by atoms with Gasteiger partial charge in [0.25, 0.3) is 0 Å². The van der Waals surface area contributed by atoms with E-state index in [4.69, 9.17) is 4.74 Å². The van der Waals surface area contributed by atoms with Gasteiger partial charge in [0.1, 0.15) is 17.6 Å². The second kappa shape index (κ2) is 3.45. The van der Waals surface area contributed by atoms with Crippen LogP contribution in [0.3, 0.4) is 0 Å². The quantitative estimate of drug-likeness (QED) is 0.460. The maximum atomic E-state index is 9.60. The first-order valence-corrected chi connectivity index (χ1v) is 4.98. The number of fused-ring (bicyclic) bond motifs is 1. The van der Waals surface area contributed by atoms with Gasteiger partial charge in [0, 0.05) is 7.05 Å². The summed E-state index contributed by atoms with van der Waals surface area (Å²) in [5.74, 6) is 0. The van der Waals surface area contributed by atoms with Crippen molar-refractivity contribution in [1.82, 2.24) is 5.32 Å². The number of aliphatic imine (C=N–C) groups is 1. The molecule has 0 radical (unpaired) electrons. The number of hydrogen-bond acceptors (Lipinski definition) is 5. The van der Waals surface area contributed by atoms with Gasteiger partial charge in [-0.3, -0.25) is 4.99 Å². The summed E-state index contributed by atoms with van der Waals surface area (Å²) >= 11 is 1.45. The van der Waals surface area contributed by atoms with Crippen LogP contribution in [0.4, 0.5) is 0 Å². The lowest BCUT2D eigenvalue weighted by molar-refractivity contribution is -0.109. The van der Waals surface area contributed by atoms with E-state index >= 15 is 0 Å². The van der Waals surface area contributed by atoms with Crippen molar-refractivity contribution < 1.29 is 14.9 Å². The molecule has 2 aliphatic rings. The largest absolute Gasteiger partial charge is 0.388 e. The molecule has 2 aliphatic heterocycles. The van der Waals surface area contributed by atoms with E-state index in [9.17, 15) is 10.2 Å². The van der Waals surface area contributed by atoms with E-state index in [0.29, 0.717) is 0 Å². The minimum atomic E-state index is -0.800. The summed E-state index contributed by atoms with van der Waals surface area (Å²) in [6.07, 6.45) is -1.57. The lowest BCUT2D eigenvalue weighted by atomic mass is 10.0. The van der Waals surface area contributed by atoms with Gasteiger partial charge in [-0.05, 0) is 0 Å². The van der Waals surface area contributed by atoms with Crippen LogP contribution in [0.5, 0.6) is 0 Å². The van der Waals surface area contributed by atoms with Gasteiger partial charge < -0.3 is 20.3 Å². The highest BCUT2D eigenvalue weighted by Gasteiger charge is 2.44. The smallest absolute Gasteiger partial charge is 0.159 e. The van der Waals surface area contributed by atoms with Gasteiger partial charge in [-0.1, -0.05) is 11.8 Å². The summed E-state index contributed by atoms with van der Waals surface area (Å²) in [5.41, 5.74) is -0.128. The van der Waals surface area contributed by atoms with E-state index in [0.717, 1.165) is 5.17 Å². The molecule has 0 bridgehead atoms. The number of rotatable bonds is 0. The molecular formula is C7H12N2O3S. The number of amidine groups is 1. The number of aliphatic hydroxyl groups is 2. The fourth-order valence-electron chi connectivity index (χ4n) is 1.46. The Kier molecular flexibility index (Phi) is 2.46. The van der Waals surface area contributed by atoms with E-state index in [2.05, 4.69) is 10.3 Å². The van der Waals surface area contributed by atoms with Crippen molar-refractivity contribution in [3.8, 4) is 0 Å². The van der Waals surface area contributed by atoms with Crippen LogP contribution in [0.1, 0.15) is 0 Å². The van der Waals surface area contributed by atoms with Crippen LogP contribution in [-0.2, 0) is 4.74 Å². The Morgan fingerprint density at radius 3 is 3.08 bits per heavy atom. The van der Waals surface area contributed by atoms with Crippen LogP contribution in [0.25, 0.3) is 0 Å². The van der Waals surface area contributed by atoms with Crippen molar-refractivity contribution in [3.63, 3.8) is 0 Å². The number of aliphatic hydroxyl groups excluding tert-OH is 2. The molecule has 0 aromatic carbocycles. The second-order valence-corrected chi connectivity index (χ2v) is 4.16. The lowest BCUT2D eigenvalue weighted by Gasteiger charge is -2.32. The number of nitrogens with zero attached hydrogens (tertiary/aromatic N) is 1. The van der Waals surface area contributed by atoms with Crippen LogP contribution in [0.2, 0.25) is 0 Å². The highest BCUT2D eigenvalue weighted by molar-refractivity contribution is 8.14. The van der Waals surface area contributed by atoms with Crippen LogP contribution in [0.15, 0.2) is 4.99 Å². The van der Waals surface area contributed by atoms with E-state index in [-0.39, 0.29) is 18.1 Å². The molecule has 6 heteroatoms. The van der Waals surface area contributed by atoms with Crippen molar-refractivity contribution in [2.45, 2.75) is 23.7 Å². The molecule has 2 saturated heterocycles. The van der Waals surface area contributed by atoms with Crippen molar-refractivity contribution in [1.29, 1.82) is 0 Å². The first kappa shape index (κ1) is 9.26. The molecule has 0 aromatic rings. The molecule has 0 unspecified atom stereocenters. The molecule has 0 aliphatic carbocycles. The van der Waals surface area contributed by atoms with Gasteiger partial charge >= 0.3 is 0 Å². The second-order valence-electron chi connectivity index (χ2n) is 3.08. The Bertz CT molecular complexity index is 236. The monoisotopic (exact) mass is 204 g/mol. The Balaban J connectivity index is 2.11. The van der Waals surface area contributed by atoms with Gasteiger partial charge in [0.2, 0.25) is 0 Å². The van der Waals surface area contributed by atoms with Gasteiger partial charge in [-0.2, -0.15) is 0 Å². The Labute approximate surface area is 80.2 Å². The highest BCUT2D eigenvalue weighted by atomic mass is 32.2. The minimum Gasteiger partial charge on any atom is -0.388 e. The molecule has 4 atom stereocenters. The van der Waals surface area contributed by atoms with Crippen molar-refractivity contribution in [2.24, 2.45) is 4.99 Å². The molecule has 13 heavy (non-hydrogen) atoms. The van der Waals surface area contributed by atoms with Crippen LogP contribution in [-0.4, -0.2) is 52.7 Å². The van der Waals surface area contributed by atoms with Crippen LogP contribution >= 0.6 is 11.8 Å². The standard InChI is InChI=1S/C7H12N2O3S/c1-8-7-9-4-5(11)3(10)2-12-6(4)13-7/h3-6,10-11H,2H2,1H3,(H,8,9)/t3-,4-,5+,6-/m1/s1. The summed E-state index contributed by atoms with van der Waals surface area (Å²) in [6.45, 7) is 0.188. The zero-order chi connectivity index (χ0) is 9.42. The molecule has 0 amide bonds. The SMILES string of the molecule is CN=C1N[C@@H]2[C@@H](O)[C@H](O)CO[C@@H]2S1. The van der Waals surface area contributed by atoms with Gasteiger partial charge in [-0.15, -0.1) is 0 Å². The Morgan fingerprint density at radius 2 is 2.38 bits per heavy atom. The fourth-order valence-corrected chi connectivity index (χ4v) is 2.51. The molecule has 74 valence electrons. The average Bonchev–Trinajstić information content (AvgIpc) is 2.55. The third kappa shape index (κ3) is 1.54. The van der Waals surface area contributed by atoms with Gasteiger partial charge in [-0.25, -0.2) is 0 Å². The molecule has 0 saturated carbocycles. The van der Waals surface area contributed by atoms with Crippen LogP contribution in [0, 0.1) is 0 Å². The van der Waals surface area contributed by atoms with E-state index in [1.807, 2.05) is 0 Å². The summed E-state index contributed by atoms with van der Waals surface area (Å²) in [5, 5.41) is 22.7. The zero-order valence-electron chi connectivity index (χ0n) is 7.17. The average molecular weight is 204 g/mol. The molecule has 0 spiro atoms. The topological polar surface area (TPSA) is 74.1 Å². The fraction of sp³-hybridized carbons (Fsp3) is 0.857. The maximum absolute atomic E-state index is 9.60. The van der Waals surface area contributed by atoms with Crippen LogP contribution < -0.4 is 5.32 Å². The molecule has 3 N–H and O–H groups in total. The third-order valence-corrected chi connectivity index (χ3v) is 3.39. The molecule has 2 heterocycles. The summed E-state index contributed by atoms with van der Waals surface area (Å²) in [7, 11) is 1.68. The van der Waals surface area contributed by atoms with Gasteiger partial charge in [0.05, 0.1) is 12.6 Å². The molecular weight excluding hydrogens is 192 g/mol. The lowest BCUT2D eigenvalue weighted by Crippen LogP contribution is -2.54. The molecule has 0 aromatic heterocycles. The first-order valence-electron chi connectivity index (χ1n) is 4.10. The third-order valence-electron chi connectivity index (χ3n) is 2.21. The van der Waals surface area contributed by atoms with Crippen molar-refractivity contribution in [3.05, 3.63) is 0 Å². The van der Waals surface area contributed by atoms with E-state index < -0.39 is 12.2 Å². The van der Waals surface area contributed by atoms with Gasteiger partial charge in [0.15, 0.2) is 5.17 Å². The maximum Gasteiger partial charge on any atom is 0.159 e. The molecule has 2 fully saturated rings. The summed E-state index contributed by atoms with van der Waals surface area (Å²) in [6, 6.07) is -0.243. The zero-order valence-corrected chi connectivity index (χ0v) is 7.99. The predicted octanol–water partition coefficient (Wildman–Crippen LogP) is -1.24. The number of hydrogen-bond donors (Lipinski definition) is 3. The number of thioether (sulfide) groups is 1. The number of nitrogens with one attached hydrogen (secondary N) is 1. The highest BCUT2D eigenvalue weighted by Crippen LogP contribution is 2.30. The normalized spacial score (nSPS) is 47.5. The van der Waals surface area contributed by atoms with Crippen molar-refractivity contribution >= 4 is 16.9 Å². The van der Waals surface area contributed by atoms with Crippen molar-refractivity contribution in [2.75, 3.05) is 13.7 Å². The predicted molar refractivity (Wildman–Crippen MR) is 49.6 cm³/mol. The molecule has 5 nitrogen and oxygen atoms in total. The Hall–Kier alpha value is -0.300. The number of ether oxygens (including phenoxy) is 1. The van der Waals surface area contributed by atoms with E-state index in [1.54, 1.807) is 7.05 Å². The minimum absolute atomic E-state index is 0.128. The van der Waals surface area contributed by atoms with E-state index in [1.165, 1.54) is 11.8 Å². The summed E-state index contributed by atoms with van der Waals surface area (Å²) < 4.78 is 5.33. The molecule has 2 rings (SSSR count). The summed E-state index contributed by atoms with van der Waals surface area (Å²) in [4.78, 5) is 3.97. The Morgan fingerprint density at radius 1 is 1.62 bits per heavy atom.